The summed E-state index contributed by atoms with van der Waals surface area (Å²) in [6.07, 6.45) is 0.205. The Bertz CT molecular complexity index is 406. The lowest BCUT2D eigenvalue weighted by molar-refractivity contribution is 0.0372. The molecule has 2 rings (SSSR count). The minimum Gasteiger partial charge on any atom is -0.374 e. The van der Waals surface area contributed by atoms with E-state index in [0.29, 0.717) is 0 Å². The molecule has 6 nitrogen and oxygen atoms in total. The second kappa shape index (κ2) is 6.68. The molecule has 19 heavy (non-hydrogen) atoms. The van der Waals surface area contributed by atoms with Crippen LogP contribution in [0.2, 0.25) is 0 Å². The standard InChI is InChI=1S/C13H23N5O/c1-4-18(3)13-7-12(16-10(2)17-13)15-9-11-8-14-5-6-19-11/h7,11,14H,4-6,8-9H2,1-3H3,(H,15,16,17). The van der Waals surface area contributed by atoms with E-state index in [9.17, 15) is 0 Å². The Morgan fingerprint density at radius 3 is 3.05 bits per heavy atom. The van der Waals surface area contributed by atoms with Crippen LogP contribution in [0.5, 0.6) is 0 Å². The van der Waals surface area contributed by atoms with Crippen molar-refractivity contribution in [2.45, 2.75) is 20.0 Å². The summed E-state index contributed by atoms with van der Waals surface area (Å²) in [5, 5.41) is 6.65. The van der Waals surface area contributed by atoms with E-state index >= 15 is 0 Å². The maximum atomic E-state index is 5.65. The molecule has 0 aliphatic carbocycles. The molecule has 2 heterocycles. The van der Waals surface area contributed by atoms with Crippen LogP contribution in [0, 0.1) is 6.92 Å². The van der Waals surface area contributed by atoms with Gasteiger partial charge in [-0.05, 0) is 13.8 Å². The third kappa shape index (κ3) is 4.04. The lowest BCUT2D eigenvalue weighted by Crippen LogP contribution is -2.42. The summed E-state index contributed by atoms with van der Waals surface area (Å²) in [6, 6.07) is 1.98. The number of aromatic nitrogens is 2. The van der Waals surface area contributed by atoms with Gasteiger partial charge >= 0.3 is 0 Å². The summed E-state index contributed by atoms with van der Waals surface area (Å²) in [4.78, 5) is 10.9. The van der Waals surface area contributed by atoms with Crippen molar-refractivity contribution in [3.63, 3.8) is 0 Å². The molecule has 2 N–H and O–H groups in total. The molecule has 1 atom stereocenters. The second-order valence-electron chi connectivity index (χ2n) is 4.75. The van der Waals surface area contributed by atoms with Crippen LogP contribution in [0.15, 0.2) is 6.07 Å². The summed E-state index contributed by atoms with van der Waals surface area (Å²) in [5.41, 5.74) is 0. The number of aryl methyl sites for hydroxylation is 1. The molecule has 1 unspecified atom stereocenters. The molecule has 1 aliphatic rings. The van der Waals surface area contributed by atoms with Gasteiger partial charge in [0.2, 0.25) is 0 Å². The van der Waals surface area contributed by atoms with Crippen molar-refractivity contribution in [2.75, 3.05) is 50.1 Å². The highest BCUT2D eigenvalue weighted by Crippen LogP contribution is 2.14. The van der Waals surface area contributed by atoms with E-state index in [1.54, 1.807) is 0 Å². The SMILES string of the molecule is CCN(C)c1cc(NCC2CNCCO2)nc(C)n1. The van der Waals surface area contributed by atoms with Crippen molar-refractivity contribution in [1.82, 2.24) is 15.3 Å². The topological polar surface area (TPSA) is 62.3 Å². The lowest BCUT2D eigenvalue weighted by Gasteiger charge is -2.24. The smallest absolute Gasteiger partial charge is 0.134 e. The van der Waals surface area contributed by atoms with Crippen LogP contribution in [-0.4, -0.2) is 55.9 Å². The van der Waals surface area contributed by atoms with Gasteiger partial charge in [0, 0.05) is 39.3 Å². The first-order valence-electron chi connectivity index (χ1n) is 6.82. The maximum absolute atomic E-state index is 5.65. The van der Waals surface area contributed by atoms with E-state index in [-0.39, 0.29) is 6.10 Å². The minimum atomic E-state index is 0.205. The van der Waals surface area contributed by atoms with E-state index in [1.165, 1.54) is 0 Å². The highest BCUT2D eigenvalue weighted by Gasteiger charge is 2.13. The first-order chi connectivity index (χ1) is 9.19. The minimum absolute atomic E-state index is 0.205. The average Bonchev–Trinajstić information content (AvgIpc) is 2.45. The molecule has 0 saturated carbocycles. The monoisotopic (exact) mass is 265 g/mol. The van der Waals surface area contributed by atoms with E-state index < -0.39 is 0 Å². The fourth-order valence-electron chi connectivity index (χ4n) is 1.97. The highest BCUT2D eigenvalue weighted by atomic mass is 16.5. The molecule has 0 amide bonds. The van der Waals surface area contributed by atoms with Crippen molar-refractivity contribution in [3.8, 4) is 0 Å². The maximum Gasteiger partial charge on any atom is 0.134 e. The summed E-state index contributed by atoms with van der Waals surface area (Å²) < 4.78 is 5.65. The number of rotatable bonds is 5. The molecule has 0 bridgehead atoms. The van der Waals surface area contributed by atoms with Gasteiger partial charge in [0.15, 0.2) is 0 Å². The Morgan fingerprint density at radius 1 is 1.53 bits per heavy atom. The van der Waals surface area contributed by atoms with Crippen molar-refractivity contribution in [3.05, 3.63) is 11.9 Å². The number of ether oxygens (including phenoxy) is 1. The number of morpholine rings is 1. The van der Waals surface area contributed by atoms with Gasteiger partial charge in [-0.1, -0.05) is 0 Å². The predicted octanol–water partition coefficient (Wildman–Crippen LogP) is 0.641. The molecule has 0 spiro atoms. The van der Waals surface area contributed by atoms with Crippen LogP contribution in [0.25, 0.3) is 0 Å². The van der Waals surface area contributed by atoms with Gasteiger partial charge in [-0.3, -0.25) is 0 Å². The first-order valence-corrected chi connectivity index (χ1v) is 6.82. The number of anilines is 2. The molecule has 0 aromatic carbocycles. The van der Waals surface area contributed by atoms with Crippen molar-refractivity contribution in [1.29, 1.82) is 0 Å². The van der Waals surface area contributed by atoms with E-state index in [0.717, 1.165) is 50.2 Å². The lowest BCUT2D eigenvalue weighted by atomic mass is 10.3. The van der Waals surface area contributed by atoms with Gasteiger partial charge in [0.05, 0.1) is 12.7 Å². The number of nitrogens with one attached hydrogen (secondary N) is 2. The van der Waals surface area contributed by atoms with Gasteiger partial charge < -0.3 is 20.3 Å². The molecule has 1 aliphatic heterocycles. The van der Waals surface area contributed by atoms with Crippen LogP contribution in [0.1, 0.15) is 12.7 Å². The third-order valence-electron chi connectivity index (χ3n) is 3.21. The first kappa shape index (κ1) is 14.0. The number of hydrogen-bond acceptors (Lipinski definition) is 6. The van der Waals surface area contributed by atoms with Crippen LogP contribution in [0.4, 0.5) is 11.6 Å². The summed E-state index contributed by atoms with van der Waals surface area (Å²) in [7, 11) is 2.03. The Kier molecular flexibility index (Phi) is 4.93. The van der Waals surface area contributed by atoms with E-state index in [4.69, 9.17) is 4.74 Å². The second-order valence-corrected chi connectivity index (χ2v) is 4.75. The molecule has 1 saturated heterocycles. The molecule has 6 heteroatoms. The zero-order valence-electron chi connectivity index (χ0n) is 11.9. The molecule has 1 fully saturated rings. The van der Waals surface area contributed by atoms with Gasteiger partial charge in [0.25, 0.3) is 0 Å². The highest BCUT2D eigenvalue weighted by molar-refractivity contribution is 5.48. The molecule has 0 radical (unpaired) electrons. The quantitative estimate of drug-likeness (QED) is 0.815. The number of hydrogen-bond donors (Lipinski definition) is 2. The summed E-state index contributed by atoms with van der Waals surface area (Å²) in [6.45, 7) is 8.31. The molecule has 1 aromatic rings. The Morgan fingerprint density at radius 2 is 2.37 bits per heavy atom. The molecule has 1 aromatic heterocycles. The fraction of sp³-hybridized carbons (Fsp3) is 0.692. The van der Waals surface area contributed by atoms with Gasteiger partial charge in [-0.25, -0.2) is 9.97 Å². The fourth-order valence-corrected chi connectivity index (χ4v) is 1.97. The van der Waals surface area contributed by atoms with Crippen LogP contribution in [0.3, 0.4) is 0 Å². The third-order valence-corrected chi connectivity index (χ3v) is 3.21. The summed E-state index contributed by atoms with van der Waals surface area (Å²) in [5.74, 6) is 2.58. The van der Waals surface area contributed by atoms with Crippen LogP contribution < -0.4 is 15.5 Å². The Hall–Kier alpha value is -1.40. The van der Waals surface area contributed by atoms with E-state index in [1.807, 2.05) is 20.0 Å². The number of nitrogens with zero attached hydrogens (tertiary/aromatic N) is 3. The Balaban J connectivity index is 1.97. The normalized spacial score (nSPS) is 19.2. The van der Waals surface area contributed by atoms with Crippen LogP contribution >= 0.6 is 0 Å². The van der Waals surface area contributed by atoms with Gasteiger partial charge in [0.1, 0.15) is 17.5 Å². The molecule has 106 valence electrons. The van der Waals surface area contributed by atoms with Crippen molar-refractivity contribution in [2.24, 2.45) is 0 Å². The average molecular weight is 265 g/mol. The van der Waals surface area contributed by atoms with Crippen molar-refractivity contribution < 1.29 is 4.74 Å². The van der Waals surface area contributed by atoms with Crippen LogP contribution in [-0.2, 0) is 4.74 Å². The van der Waals surface area contributed by atoms with Gasteiger partial charge in [-0.15, -0.1) is 0 Å². The molecular weight excluding hydrogens is 242 g/mol. The van der Waals surface area contributed by atoms with Crippen molar-refractivity contribution >= 4 is 11.6 Å². The Labute approximate surface area is 114 Å². The molecular formula is C13H23N5O. The van der Waals surface area contributed by atoms with Gasteiger partial charge in [-0.2, -0.15) is 0 Å². The largest absolute Gasteiger partial charge is 0.374 e. The predicted molar refractivity (Wildman–Crippen MR) is 76.8 cm³/mol. The zero-order valence-corrected chi connectivity index (χ0v) is 11.9. The summed E-state index contributed by atoms with van der Waals surface area (Å²) >= 11 is 0. The zero-order chi connectivity index (χ0) is 13.7. The van der Waals surface area contributed by atoms with E-state index in [2.05, 4.69) is 32.4 Å².